The summed E-state index contributed by atoms with van der Waals surface area (Å²) in [5, 5.41) is 0. The summed E-state index contributed by atoms with van der Waals surface area (Å²) in [6, 6.07) is 7.68. The van der Waals surface area contributed by atoms with Gasteiger partial charge in [0.25, 0.3) is 0 Å². The lowest BCUT2D eigenvalue weighted by Gasteiger charge is -2.22. The number of alkyl halides is 1. The van der Waals surface area contributed by atoms with Crippen LogP contribution in [-0.2, 0) is 25.7 Å². The van der Waals surface area contributed by atoms with E-state index >= 15 is 0 Å². The summed E-state index contributed by atoms with van der Waals surface area (Å²) < 4.78 is 23.7. The zero-order valence-electron chi connectivity index (χ0n) is 11.9. The second-order valence-corrected chi connectivity index (χ2v) is 7.25. The minimum absolute atomic E-state index is 0.133. The lowest BCUT2D eigenvalue weighted by Crippen LogP contribution is -2.09. The maximum absolute atomic E-state index is 12.7. The van der Waals surface area contributed by atoms with Crippen molar-refractivity contribution in [3.05, 3.63) is 35.4 Å². The first-order chi connectivity index (χ1) is 8.84. The van der Waals surface area contributed by atoms with Crippen LogP contribution in [0.5, 0.6) is 0 Å². The van der Waals surface area contributed by atoms with Crippen LogP contribution in [0.1, 0.15) is 38.8 Å². The highest BCUT2D eigenvalue weighted by molar-refractivity contribution is 7.53. The Morgan fingerprint density at radius 3 is 1.79 bits per heavy atom. The smallest absolute Gasteiger partial charge is 0.306 e. The molecule has 108 valence electrons. The lowest BCUT2D eigenvalue weighted by atomic mass is 10.2. The van der Waals surface area contributed by atoms with E-state index in [0.29, 0.717) is 5.88 Å². The van der Waals surface area contributed by atoms with E-state index in [4.69, 9.17) is 20.6 Å². The summed E-state index contributed by atoms with van der Waals surface area (Å²) in [5.41, 5.74) is 1.97. The summed E-state index contributed by atoms with van der Waals surface area (Å²) in [7, 11) is -3.11. The topological polar surface area (TPSA) is 35.5 Å². The first-order valence-corrected chi connectivity index (χ1v) is 8.70. The maximum atomic E-state index is 12.7. The minimum atomic E-state index is -3.11. The first kappa shape index (κ1) is 16.7. The molecule has 5 heteroatoms. The molecule has 0 fully saturated rings. The van der Waals surface area contributed by atoms with Crippen LogP contribution in [0.15, 0.2) is 24.3 Å². The SMILES string of the molecule is CC(C)OP(=O)(Cc1ccc(CCl)cc1)OC(C)C. The average molecular weight is 305 g/mol. The second kappa shape index (κ2) is 7.44. The molecule has 0 unspecified atom stereocenters. The lowest BCUT2D eigenvalue weighted by molar-refractivity contribution is 0.141. The van der Waals surface area contributed by atoms with Gasteiger partial charge in [-0.2, -0.15) is 0 Å². The molecule has 0 N–H and O–H groups in total. The first-order valence-electron chi connectivity index (χ1n) is 6.44. The van der Waals surface area contributed by atoms with E-state index in [9.17, 15) is 4.57 Å². The third kappa shape index (κ3) is 6.09. The maximum Gasteiger partial charge on any atom is 0.335 e. The second-order valence-electron chi connectivity index (χ2n) is 5.03. The molecule has 0 heterocycles. The van der Waals surface area contributed by atoms with E-state index in [1.807, 2.05) is 52.0 Å². The van der Waals surface area contributed by atoms with E-state index in [0.717, 1.165) is 11.1 Å². The number of rotatable bonds is 7. The Balaban J connectivity index is 2.83. The third-order valence-corrected chi connectivity index (χ3v) is 4.84. The standard InChI is InChI=1S/C14H22ClO3P/c1-11(2)17-19(16,18-12(3)4)10-14-7-5-13(9-15)6-8-14/h5-8,11-12H,9-10H2,1-4H3. The molecule has 0 saturated carbocycles. The van der Waals surface area contributed by atoms with Crippen molar-refractivity contribution in [2.75, 3.05) is 0 Å². The van der Waals surface area contributed by atoms with Crippen LogP contribution in [0.3, 0.4) is 0 Å². The van der Waals surface area contributed by atoms with Gasteiger partial charge >= 0.3 is 7.60 Å². The highest BCUT2D eigenvalue weighted by Gasteiger charge is 2.28. The van der Waals surface area contributed by atoms with E-state index in [1.54, 1.807) is 0 Å². The molecule has 0 saturated heterocycles. The van der Waals surface area contributed by atoms with Gasteiger partial charge in [0.05, 0.1) is 18.4 Å². The molecular formula is C14H22ClO3P. The fourth-order valence-corrected chi connectivity index (χ4v) is 4.02. The van der Waals surface area contributed by atoms with E-state index < -0.39 is 7.60 Å². The van der Waals surface area contributed by atoms with Crippen LogP contribution in [0.2, 0.25) is 0 Å². The van der Waals surface area contributed by atoms with Crippen LogP contribution in [-0.4, -0.2) is 12.2 Å². The Labute approximate surface area is 120 Å². The zero-order chi connectivity index (χ0) is 14.5. The average Bonchev–Trinajstić information content (AvgIpc) is 2.27. The third-order valence-electron chi connectivity index (χ3n) is 2.30. The van der Waals surface area contributed by atoms with Gasteiger partial charge in [-0.15, -0.1) is 11.6 Å². The van der Waals surface area contributed by atoms with Crippen LogP contribution >= 0.6 is 19.2 Å². The summed E-state index contributed by atoms with van der Waals surface area (Å²) in [6.45, 7) is 7.42. The van der Waals surface area contributed by atoms with Crippen LogP contribution in [0, 0.1) is 0 Å². The molecule has 0 aliphatic heterocycles. The van der Waals surface area contributed by atoms with E-state index in [1.165, 1.54) is 0 Å². The number of benzene rings is 1. The number of halogens is 1. The highest BCUT2D eigenvalue weighted by Crippen LogP contribution is 2.53. The van der Waals surface area contributed by atoms with Gasteiger partial charge in [0.15, 0.2) is 0 Å². The molecule has 0 radical (unpaired) electrons. The largest absolute Gasteiger partial charge is 0.335 e. The predicted molar refractivity (Wildman–Crippen MR) is 79.8 cm³/mol. The van der Waals surface area contributed by atoms with E-state index in [-0.39, 0.29) is 18.4 Å². The van der Waals surface area contributed by atoms with Gasteiger partial charge in [-0.25, -0.2) is 0 Å². The predicted octanol–water partition coefficient (Wildman–Crippen LogP) is 4.97. The van der Waals surface area contributed by atoms with Crippen LogP contribution < -0.4 is 0 Å². The summed E-state index contributed by atoms with van der Waals surface area (Å²) >= 11 is 5.75. The van der Waals surface area contributed by atoms with Gasteiger partial charge in [0, 0.05) is 5.88 Å². The molecule has 0 aliphatic carbocycles. The van der Waals surface area contributed by atoms with Crippen molar-refractivity contribution in [2.24, 2.45) is 0 Å². The summed E-state index contributed by atoms with van der Waals surface area (Å²) in [5.74, 6) is 0.475. The Bertz CT molecular complexity index is 415. The molecule has 0 aromatic heterocycles. The van der Waals surface area contributed by atoms with Crippen molar-refractivity contribution in [1.82, 2.24) is 0 Å². The molecule has 1 aromatic carbocycles. The summed E-state index contributed by atoms with van der Waals surface area (Å²) in [6.07, 6.45) is 0.0183. The molecule has 3 nitrogen and oxygen atoms in total. The van der Waals surface area contributed by atoms with Crippen molar-refractivity contribution in [3.8, 4) is 0 Å². The fraction of sp³-hybridized carbons (Fsp3) is 0.571. The highest BCUT2D eigenvalue weighted by atomic mass is 35.5. The molecule has 0 atom stereocenters. The fourth-order valence-electron chi connectivity index (χ4n) is 1.70. The van der Waals surface area contributed by atoms with Crippen molar-refractivity contribution >= 4 is 19.2 Å². The Kier molecular flexibility index (Phi) is 6.55. The van der Waals surface area contributed by atoms with Crippen molar-refractivity contribution in [3.63, 3.8) is 0 Å². The van der Waals surface area contributed by atoms with Gasteiger partial charge in [-0.3, -0.25) is 4.57 Å². The Morgan fingerprint density at radius 2 is 1.42 bits per heavy atom. The van der Waals surface area contributed by atoms with Crippen LogP contribution in [0.25, 0.3) is 0 Å². The Hall–Kier alpha value is -0.340. The Morgan fingerprint density at radius 1 is 1.00 bits per heavy atom. The molecule has 19 heavy (non-hydrogen) atoms. The van der Waals surface area contributed by atoms with Crippen molar-refractivity contribution in [1.29, 1.82) is 0 Å². The molecule has 1 aromatic rings. The van der Waals surface area contributed by atoms with Crippen molar-refractivity contribution in [2.45, 2.75) is 51.9 Å². The number of hydrogen-bond acceptors (Lipinski definition) is 3. The van der Waals surface area contributed by atoms with Gasteiger partial charge < -0.3 is 9.05 Å². The number of hydrogen-bond donors (Lipinski definition) is 0. The van der Waals surface area contributed by atoms with Gasteiger partial charge in [-0.05, 0) is 38.8 Å². The van der Waals surface area contributed by atoms with Crippen LogP contribution in [0.4, 0.5) is 0 Å². The van der Waals surface area contributed by atoms with E-state index in [2.05, 4.69) is 0 Å². The molecule has 0 aliphatic rings. The normalized spacial score (nSPS) is 12.4. The molecule has 1 rings (SSSR count). The minimum Gasteiger partial charge on any atom is -0.306 e. The quantitative estimate of drug-likeness (QED) is 0.527. The summed E-state index contributed by atoms with van der Waals surface area (Å²) in [4.78, 5) is 0. The van der Waals surface area contributed by atoms with Gasteiger partial charge in [0.1, 0.15) is 0 Å². The van der Waals surface area contributed by atoms with Gasteiger partial charge in [0.2, 0.25) is 0 Å². The zero-order valence-corrected chi connectivity index (χ0v) is 13.6. The van der Waals surface area contributed by atoms with Gasteiger partial charge in [-0.1, -0.05) is 24.3 Å². The molecular weight excluding hydrogens is 283 g/mol. The molecule has 0 bridgehead atoms. The molecule has 0 spiro atoms. The molecule has 0 amide bonds. The monoisotopic (exact) mass is 304 g/mol. The van der Waals surface area contributed by atoms with Crippen molar-refractivity contribution < 1.29 is 13.6 Å².